The third-order valence-corrected chi connectivity index (χ3v) is 18.7. The molecule has 1 aliphatic heterocycles. The molecule has 4 fully saturated rings. The van der Waals surface area contributed by atoms with Gasteiger partial charge in [0.2, 0.25) is 0 Å². The number of nitrogens with one attached hydrogen (secondary N) is 1. The van der Waals surface area contributed by atoms with Gasteiger partial charge in [-0.3, -0.25) is 4.98 Å². The summed E-state index contributed by atoms with van der Waals surface area (Å²) >= 11 is 0. The number of nitrogens with zero attached hydrogens (tertiary/aromatic N) is 5. The van der Waals surface area contributed by atoms with Crippen molar-refractivity contribution in [3.05, 3.63) is 55.1 Å². The molecule has 8 atom stereocenters. The van der Waals surface area contributed by atoms with E-state index in [2.05, 4.69) is 92.8 Å². The van der Waals surface area contributed by atoms with E-state index in [4.69, 9.17) is 24.9 Å². The molecule has 3 heterocycles. The first-order valence-electron chi connectivity index (χ1n) is 28.7. The largest absolute Gasteiger partial charge is 0.446 e. The first-order valence-corrected chi connectivity index (χ1v) is 28.7. The van der Waals surface area contributed by atoms with Gasteiger partial charge in [-0.25, -0.2) is 9.78 Å². The molecule has 8 rings (SSSR count). The van der Waals surface area contributed by atoms with Crippen LogP contribution in [0.3, 0.4) is 0 Å². The number of allylic oxidation sites excluding steroid dienone is 1. The maximum absolute atomic E-state index is 12.8. The number of pyridine rings is 1. The second-order valence-corrected chi connectivity index (χ2v) is 24.1. The molecule has 1 amide bonds. The Morgan fingerprint density at radius 3 is 2.31 bits per heavy atom. The molecular formula is C60H97N7O6Y-2. The maximum Gasteiger partial charge on any atom is 0.407 e. The van der Waals surface area contributed by atoms with Crippen molar-refractivity contribution >= 4 is 33.8 Å². The van der Waals surface area contributed by atoms with Gasteiger partial charge in [0, 0.05) is 102 Å². The molecule has 3 aromatic rings. The molecule has 14 heteroatoms. The standard InChI is InChI=1S/C58H92N7O6.C2H5.Y/c1-40(2)11-8-12-41(3)48-18-19-49-46-17-15-44-36-45(20-22-57(44,6)50(46)21-23-58(48,49)7)71-55(68)60-24-32-70-34-33-69-31-10-26-64-29-27-63(28-30-64)25-9-13-43-14-16-47-51(35-43)62-54(59)52-53(47)65(42(4)61-52)37-56(5,38-66)39-67;1-2;/h14-16,35,40-41,45-46,48-50,66-67H,4,8-13,17-34,36-39H2,1-3,5-7H3,(H2,59,62)(H,60,68);1H2,2H3;/q2*-1;/t41-,45+,46+,48-,49+,50+,57+,58-;;/m1../s1. The molecule has 74 heavy (non-hydrogen) atoms. The van der Waals surface area contributed by atoms with Gasteiger partial charge >= 0.3 is 6.09 Å². The van der Waals surface area contributed by atoms with Crippen molar-refractivity contribution in [1.29, 1.82) is 0 Å². The number of hydrogen-bond donors (Lipinski definition) is 4. The molecule has 0 unspecified atom stereocenters. The Labute approximate surface area is 471 Å². The van der Waals surface area contributed by atoms with E-state index in [1.54, 1.807) is 12.5 Å². The van der Waals surface area contributed by atoms with Crippen LogP contribution in [0.4, 0.5) is 10.6 Å². The van der Waals surface area contributed by atoms with Gasteiger partial charge in [-0.1, -0.05) is 84.6 Å². The number of alkyl carbamates (subject to hydrolysis) is 1. The van der Waals surface area contributed by atoms with E-state index in [-0.39, 0.29) is 63.5 Å². The molecule has 1 radical (unpaired) electrons. The Balaban J connectivity index is 0.00000294. The van der Waals surface area contributed by atoms with E-state index >= 15 is 0 Å². The number of benzene rings is 1. The number of nitrogen functional groups attached to an aromatic ring is 1. The number of aromatic nitrogens is 3. The number of amides is 1. The van der Waals surface area contributed by atoms with Crippen molar-refractivity contribution in [2.75, 3.05) is 91.2 Å². The van der Waals surface area contributed by atoms with Gasteiger partial charge in [0.05, 0.1) is 44.1 Å². The van der Waals surface area contributed by atoms with E-state index in [9.17, 15) is 15.0 Å². The molecule has 2 aromatic heterocycles. The van der Waals surface area contributed by atoms with E-state index in [0.29, 0.717) is 62.1 Å². The number of aliphatic hydroxyl groups is 2. The zero-order chi connectivity index (χ0) is 52.3. The number of aryl methyl sites for hydroxylation is 1. The van der Waals surface area contributed by atoms with Crippen molar-refractivity contribution in [3.63, 3.8) is 0 Å². The Bertz CT molecular complexity index is 2260. The minimum atomic E-state index is -0.720. The number of nitrogens with two attached hydrogens (primary N) is 1. The minimum absolute atomic E-state index is 0. The molecule has 5 N–H and O–H groups in total. The van der Waals surface area contributed by atoms with Crippen molar-refractivity contribution in [1.82, 2.24) is 29.7 Å². The average Bonchev–Trinajstić information content (AvgIpc) is 3.91. The predicted molar refractivity (Wildman–Crippen MR) is 296 cm³/mol. The zero-order valence-corrected chi connectivity index (χ0v) is 49.8. The predicted octanol–water partition coefficient (Wildman–Crippen LogP) is 10.3. The zero-order valence-electron chi connectivity index (χ0n) is 47.0. The van der Waals surface area contributed by atoms with Crippen LogP contribution < -0.4 is 11.1 Å². The monoisotopic (exact) mass is 1100 g/mol. The number of carbonyl (C=O) groups is 1. The van der Waals surface area contributed by atoms with Crippen molar-refractivity contribution in [2.24, 2.45) is 51.8 Å². The normalized spacial score (nSPS) is 26.6. The van der Waals surface area contributed by atoms with Crippen LogP contribution >= 0.6 is 0 Å². The summed E-state index contributed by atoms with van der Waals surface area (Å²) in [4.78, 5) is 27.2. The molecule has 413 valence electrons. The number of rotatable bonds is 24. The number of hydrogen-bond acceptors (Lipinski definition) is 11. The van der Waals surface area contributed by atoms with Gasteiger partial charge in [-0.2, -0.15) is 6.92 Å². The van der Waals surface area contributed by atoms with Crippen molar-refractivity contribution < 1.29 is 61.9 Å². The first kappa shape index (κ1) is 60.9. The molecule has 0 bridgehead atoms. The summed E-state index contributed by atoms with van der Waals surface area (Å²) < 4.78 is 19.6. The van der Waals surface area contributed by atoms with Crippen molar-refractivity contribution in [2.45, 2.75) is 151 Å². The third-order valence-electron chi connectivity index (χ3n) is 18.7. The van der Waals surface area contributed by atoms with Gasteiger partial charge in [0.15, 0.2) is 5.82 Å². The fourth-order valence-electron chi connectivity index (χ4n) is 14.5. The third kappa shape index (κ3) is 14.5. The molecule has 0 spiro atoms. The van der Waals surface area contributed by atoms with Crippen LogP contribution in [0.15, 0.2) is 29.8 Å². The summed E-state index contributed by atoms with van der Waals surface area (Å²) in [6.07, 6.45) is 19.2. The topological polar surface area (TPSA) is 160 Å². The Morgan fingerprint density at radius 2 is 1.61 bits per heavy atom. The van der Waals surface area contributed by atoms with E-state index in [1.165, 1.54) is 56.9 Å². The second kappa shape index (κ2) is 28.0. The molecular weight excluding hydrogens is 1000 g/mol. The Hall–Kier alpha value is -2.36. The molecule has 1 saturated heterocycles. The summed E-state index contributed by atoms with van der Waals surface area (Å²) in [6.45, 7) is 32.6. The van der Waals surface area contributed by atoms with E-state index in [1.807, 2.05) is 11.5 Å². The van der Waals surface area contributed by atoms with Gasteiger partial charge in [0.1, 0.15) is 11.6 Å². The first-order chi connectivity index (χ1) is 35.1. The molecule has 5 aliphatic rings. The number of piperazine rings is 1. The summed E-state index contributed by atoms with van der Waals surface area (Å²) in [5.41, 5.74) is 11.5. The summed E-state index contributed by atoms with van der Waals surface area (Å²) in [6, 6.07) is 6.38. The number of ether oxygens (including phenoxy) is 3. The molecule has 4 aliphatic carbocycles. The fourth-order valence-corrected chi connectivity index (χ4v) is 14.5. The van der Waals surface area contributed by atoms with Gasteiger partial charge in [-0.05, 0) is 135 Å². The quantitative estimate of drug-likeness (QED) is 0.0384. The van der Waals surface area contributed by atoms with E-state index < -0.39 is 5.41 Å². The van der Waals surface area contributed by atoms with Crippen LogP contribution in [0.25, 0.3) is 21.9 Å². The van der Waals surface area contributed by atoms with Crippen molar-refractivity contribution in [3.8, 4) is 0 Å². The maximum atomic E-state index is 12.8. The SMILES string of the molecule is [CH2-]C.[CH2-]c1nc2c(N)nc3cc(CCCN4CCN(CCCOCCOCCNC(=O)O[C@H]5CC[C@@]6(C)C(=CC[C@H]7[C@@H]8CC[C@H]([C@H](C)CCCC(C)C)[C@@]8(C)CC[C@@H]76)C5)CC4)ccc3c2n1CC(C)(CO)CO.[Y]. The van der Waals surface area contributed by atoms with Crippen LogP contribution in [0.5, 0.6) is 0 Å². The number of aliphatic hydroxyl groups excluding tert-OH is 2. The summed E-state index contributed by atoms with van der Waals surface area (Å²) in [5.74, 6) is 5.88. The number of carbonyl (C=O) groups excluding carboxylic acids is 1. The summed E-state index contributed by atoms with van der Waals surface area (Å²) in [5, 5.41) is 23.8. The second-order valence-electron chi connectivity index (χ2n) is 24.1. The smallest absolute Gasteiger partial charge is 0.407 e. The van der Waals surface area contributed by atoms with Crippen LogP contribution in [0, 0.1) is 65.6 Å². The van der Waals surface area contributed by atoms with Crippen LogP contribution in [-0.2, 0) is 59.9 Å². The van der Waals surface area contributed by atoms with Crippen LogP contribution in [0.2, 0.25) is 0 Å². The van der Waals surface area contributed by atoms with Crippen LogP contribution in [-0.4, -0.2) is 132 Å². The van der Waals surface area contributed by atoms with Gasteiger partial charge in [0.25, 0.3) is 0 Å². The number of imidazole rings is 1. The molecule has 3 saturated carbocycles. The van der Waals surface area contributed by atoms with E-state index in [0.717, 1.165) is 130 Å². The fraction of sp³-hybridized carbons (Fsp3) is 0.750. The number of fused-ring (bicyclic) bond motifs is 8. The summed E-state index contributed by atoms with van der Waals surface area (Å²) in [7, 11) is 0. The average molecular weight is 1100 g/mol. The Morgan fingerprint density at radius 1 is 0.905 bits per heavy atom. The van der Waals surface area contributed by atoms with Gasteiger partial charge < -0.3 is 63.7 Å². The number of anilines is 1. The van der Waals surface area contributed by atoms with Crippen LogP contribution in [0.1, 0.15) is 143 Å². The van der Waals surface area contributed by atoms with Gasteiger partial charge in [-0.15, -0.1) is 0 Å². The Kier molecular flexibility index (Phi) is 23.0. The molecule has 13 nitrogen and oxygen atoms in total. The minimum Gasteiger partial charge on any atom is -0.446 e. The molecule has 1 aromatic carbocycles.